The number of nitrogens with zero attached hydrogens (tertiary/aromatic N) is 1. The molecule has 0 radical (unpaired) electrons. The molecule has 4 aliphatic carbocycles. The maximum Gasteiger partial charge on any atom is 0.222 e. The maximum absolute atomic E-state index is 13.3. The van der Waals surface area contributed by atoms with E-state index in [1.165, 1.54) is 108 Å². The molecule has 3 saturated carbocycles. The molecule has 9 unspecified atom stereocenters. The van der Waals surface area contributed by atoms with Gasteiger partial charge in [-0.15, -0.1) is 0 Å². The lowest BCUT2D eigenvalue weighted by molar-refractivity contribution is -0.131. The molecule has 0 saturated heterocycles. The van der Waals surface area contributed by atoms with Crippen LogP contribution in [0.2, 0.25) is 0 Å². The van der Waals surface area contributed by atoms with Crippen molar-refractivity contribution in [3.05, 3.63) is 23.8 Å². The van der Waals surface area contributed by atoms with Crippen LogP contribution in [0, 0.1) is 46.3 Å². The lowest BCUT2D eigenvalue weighted by Gasteiger charge is -2.58. The second-order valence-electron chi connectivity index (χ2n) is 19.4. The van der Waals surface area contributed by atoms with E-state index in [1.807, 2.05) is 12.5 Å². The zero-order chi connectivity index (χ0) is 36.3. The first-order valence-electron chi connectivity index (χ1n) is 22.0. The normalized spacial score (nSPS) is 31.8. The molecule has 0 aliphatic heterocycles. The van der Waals surface area contributed by atoms with Gasteiger partial charge >= 0.3 is 0 Å². The third kappa shape index (κ3) is 11.4. The molecular weight excluding hydrogens is 611 g/mol. The van der Waals surface area contributed by atoms with Gasteiger partial charge in [0.05, 0.1) is 0 Å². The smallest absolute Gasteiger partial charge is 0.222 e. The third-order valence-corrected chi connectivity index (χ3v) is 14.8. The summed E-state index contributed by atoms with van der Waals surface area (Å²) >= 11 is 0. The number of rotatable bonds is 22. The lowest BCUT2D eigenvalue weighted by Crippen LogP contribution is -2.50. The number of carbonyl (C=O) groups is 1. The van der Waals surface area contributed by atoms with E-state index in [9.17, 15) is 4.79 Å². The average Bonchev–Trinajstić information content (AvgIpc) is 3.39. The van der Waals surface area contributed by atoms with Crippen molar-refractivity contribution >= 4 is 5.91 Å². The van der Waals surface area contributed by atoms with Gasteiger partial charge in [-0.1, -0.05) is 96.4 Å². The Kier molecular flexibility index (Phi) is 16.5. The Morgan fingerprint density at radius 1 is 0.820 bits per heavy atom. The number of fused-ring (bicyclic) bond motifs is 5. The van der Waals surface area contributed by atoms with Crippen LogP contribution in [0.25, 0.3) is 0 Å². The second-order valence-corrected chi connectivity index (χ2v) is 19.4. The van der Waals surface area contributed by atoms with Crippen LogP contribution in [-0.4, -0.2) is 36.0 Å². The first-order chi connectivity index (χ1) is 23.8. The molecule has 0 spiro atoms. The van der Waals surface area contributed by atoms with Crippen LogP contribution >= 0.6 is 0 Å². The molecule has 9 atom stereocenters. The molecule has 4 N–H and O–H groups in total. The monoisotopic (exact) mass is 694 g/mol. The van der Waals surface area contributed by atoms with Gasteiger partial charge in [-0.3, -0.25) is 4.79 Å². The van der Waals surface area contributed by atoms with Crippen LogP contribution in [-0.2, 0) is 4.79 Å². The molecular formula is C46H83N3O. The highest BCUT2D eigenvalue weighted by Crippen LogP contribution is 2.67. The summed E-state index contributed by atoms with van der Waals surface area (Å²) in [4.78, 5) is 15.4. The van der Waals surface area contributed by atoms with E-state index in [-0.39, 0.29) is 6.04 Å². The number of unbranched alkanes of at least 4 members (excludes halogenated alkanes) is 5. The number of hydrogen-bond donors (Lipinski definition) is 2. The Morgan fingerprint density at radius 3 is 2.28 bits per heavy atom. The molecule has 50 heavy (non-hydrogen) atoms. The van der Waals surface area contributed by atoms with Crippen molar-refractivity contribution in [2.24, 2.45) is 57.8 Å². The highest BCUT2D eigenvalue weighted by Gasteiger charge is 2.58. The summed E-state index contributed by atoms with van der Waals surface area (Å²) in [5.74, 6) is 5.65. The Hall–Kier alpha value is -1.13. The zero-order valence-corrected chi connectivity index (χ0v) is 34.1. The minimum Gasteiger partial charge on any atom is -0.343 e. The Labute approximate surface area is 310 Å². The number of carbonyl (C=O) groups excluding carboxylic acids is 1. The minimum atomic E-state index is 0.133. The van der Waals surface area contributed by atoms with Gasteiger partial charge in [0.2, 0.25) is 5.91 Å². The molecule has 0 heterocycles. The summed E-state index contributed by atoms with van der Waals surface area (Å²) in [6, 6.07) is 0.439. The first kappa shape index (κ1) is 41.6. The first-order valence-corrected chi connectivity index (χ1v) is 22.0. The van der Waals surface area contributed by atoms with E-state index in [0.29, 0.717) is 29.2 Å². The minimum absolute atomic E-state index is 0.133. The predicted molar refractivity (Wildman–Crippen MR) is 216 cm³/mol. The zero-order valence-electron chi connectivity index (χ0n) is 34.1. The second kappa shape index (κ2) is 19.8. The molecule has 0 aromatic carbocycles. The Balaban J connectivity index is 1.20. The number of nitrogens with two attached hydrogens (primary N) is 2. The summed E-state index contributed by atoms with van der Waals surface area (Å²) in [5.41, 5.74) is 16.2. The van der Waals surface area contributed by atoms with E-state index in [4.69, 9.17) is 11.5 Å². The van der Waals surface area contributed by atoms with Crippen molar-refractivity contribution < 1.29 is 4.79 Å². The molecule has 3 fully saturated rings. The van der Waals surface area contributed by atoms with Gasteiger partial charge in [0.25, 0.3) is 0 Å². The van der Waals surface area contributed by atoms with Crippen molar-refractivity contribution in [1.29, 1.82) is 0 Å². The molecule has 0 bridgehead atoms. The van der Waals surface area contributed by atoms with Crippen LogP contribution in [0.4, 0.5) is 0 Å². The Morgan fingerprint density at radius 2 is 1.54 bits per heavy atom. The largest absolute Gasteiger partial charge is 0.343 e. The lowest BCUT2D eigenvalue weighted by atomic mass is 9.46. The van der Waals surface area contributed by atoms with E-state index in [2.05, 4.69) is 52.2 Å². The van der Waals surface area contributed by atoms with Gasteiger partial charge in [0, 0.05) is 31.6 Å². The van der Waals surface area contributed by atoms with Gasteiger partial charge in [-0.25, -0.2) is 0 Å². The highest BCUT2D eigenvalue weighted by molar-refractivity contribution is 5.76. The van der Waals surface area contributed by atoms with E-state index in [1.54, 1.807) is 0 Å². The van der Waals surface area contributed by atoms with Crippen molar-refractivity contribution in [3.63, 3.8) is 0 Å². The number of allylic oxidation sites excluding steroid dienone is 3. The highest BCUT2D eigenvalue weighted by atomic mass is 16.2. The quantitative estimate of drug-likeness (QED) is 0.0875. The van der Waals surface area contributed by atoms with Crippen LogP contribution in [0.3, 0.4) is 0 Å². The summed E-state index contributed by atoms with van der Waals surface area (Å²) in [6.45, 7) is 20.5. The molecule has 0 aromatic rings. The Bertz CT molecular complexity index is 1080. The van der Waals surface area contributed by atoms with Crippen LogP contribution in [0.5, 0.6) is 0 Å². The SMILES string of the molecule is C=C(CCCC(=O)N(CCCCCCCC(C)N)CCC(C)N)CC1CCC2(C)C(=CCC3C2CCC2(C)C(CCCCC(C)C)CCC32)C1. The summed E-state index contributed by atoms with van der Waals surface area (Å²) < 4.78 is 0. The van der Waals surface area contributed by atoms with Crippen molar-refractivity contribution in [2.45, 2.75) is 201 Å². The van der Waals surface area contributed by atoms with Crippen molar-refractivity contribution in [1.82, 2.24) is 4.90 Å². The van der Waals surface area contributed by atoms with Gasteiger partial charge in [-0.2, -0.15) is 0 Å². The fraction of sp³-hybridized carbons (Fsp3) is 0.891. The van der Waals surface area contributed by atoms with E-state index < -0.39 is 0 Å². The third-order valence-electron chi connectivity index (χ3n) is 14.8. The summed E-state index contributed by atoms with van der Waals surface area (Å²) in [6.07, 6.45) is 31.5. The number of amides is 1. The molecule has 4 heteroatoms. The molecule has 4 nitrogen and oxygen atoms in total. The van der Waals surface area contributed by atoms with Gasteiger partial charge in [0.15, 0.2) is 0 Å². The van der Waals surface area contributed by atoms with Crippen LogP contribution in [0.15, 0.2) is 23.8 Å². The molecule has 0 aromatic heterocycles. The van der Waals surface area contributed by atoms with Crippen LogP contribution < -0.4 is 11.5 Å². The average molecular weight is 694 g/mol. The molecule has 1 amide bonds. The topological polar surface area (TPSA) is 72.3 Å². The van der Waals surface area contributed by atoms with E-state index in [0.717, 1.165) is 87.1 Å². The number of hydrogen-bond acceptors (Lipinski definition) is 3. The molecule has 4 aliphatic rings. The van der Waals surface area contributed by atoms with Crippen molar-refractivity contribution in [3.8, 4) is 0 Å². The maximum atomic E-state index is 13.3. The fourth-order valence-corrected chi connectivity index (χ4v) is 11.6. The van der Waals surface area contributed by atoms with Gasteiger partial charge in [-0.05, 0) is 156 Å². The van der Waals surface area contributed by atoms with E-state index >= 15 is 0 Å². The van der Waals surface area contributed by atoms with Gasteiger partial charge in [0.1, 0.15) is 0 Å². The molecule has 288 valence electrons. The summed E-state index contributed by atoms with van der Waals surface area (Å²) in [7, 11) is 0. The standard InChI is InChI=1S/C46H83N3O/c1-34(2)16-12-13-19-39-22-24-42-41-23-21-40-33-38(25-28-46(40,7)43(41)26-29-45(39,42)6)32-35(3)17-15-20-44(50)49(31-27-37(5)48)30-14-10-8-9-11-18-36(4)47/h21,34,36-39,41-43H,3,8-20,22-33,47-48H2,1-2,4-7H3. The van der Waals surface area contributed by atoms with Crippen LogP contribution in [0.1, 0.15) is 189 Å². The van der Waals surface area contributed by atoms with Crippen molar-refractivity contribution in [2.75, 3.05) is 13.1 Å². The van der Waals surface area contributed by atoms with Gasteiger partial charge < -0.3 is 16.4 Å². The molecule has 4 rings (SSSR count). The fourth-order valence-electron chi connectivity index (χ4n) is 11.6. The summed E-state index contributed by atoms with van der Waals surface area (Å²) in [5, 5.41) is 0. The predicted octanol–water partition coefficient (Wildman–Crippen LogP) is 11.8.